The Bertz CT molecular complexity index is 637. The van der Waals surface area contributed by atoms with E-state index in [1.54, 1.807) is 0 Å². The molecule has 2 amide bonds. The molecule has 0 saturated carbocycles. The number of anilines is 1. The van der Waals surface area contributed by atoms with E-state index >= 15 is 0 Å². The molecule has 0 aromatic heterocycles. The summed E-state index contributed by atoms with van der Waals surface area (Å²) in [5.74, 6) is -0.963. The van der Waals surface area contributed by atoms with Crippen molar-refractivity contribution >= 4 is 23.5 Å². The Balaban J connectivity index is 1.89. The Morgan fingerprint density at radius 1 is 1.20 bits per heavy atom. The maximum atomic E-state index is 12.3. The number of likely N-dealkylation sites (tertiary alicyclic amines) is 1. The van der Waals surface area contributed by atoms with Crippen molar-refractivity contribution in [3.05, 3.63) is 29.3 Å². The van der Waals surface area contributed by atoms with Crippen LogP contribution in [0.3, 0.4) is 0 Å². The summed E-state index contributed by atoms with van der Waals surface area (Å²) in [5, 5.41) is 2.81. The summed E-state index contributed by atoms with van der Waals surface area (Å²) in [6.07, 6.45) is 2.29. The molecule has 0 spiro atoms. The van der Waals surface area contributed by atoms with Crippen molar-refractivity contribution < 1.29 is 19.1 Å². The highest BCUT2D eigenvalue weighted by atomic mass is 16.5. The highest BCUT2D eigenvalue weighted by Crippen LogP contribution is 2.20. The van der Waals surface area contributed by atoms with Crippen molar-refractivity contribution in [1.29, 1.82) is 0 Å². The molecule has 136 valence electrons. The molecule has 0 unspecified atom stereocenters. The number of ether oxygens (including phenoxy) is 1. The number of nitrogens with one attached hydrogen (secondary N) is 1. The molecule has 25 heavy (non-hydrogen) atoms. The first-order chi connectivity index (χ1) is 11.9. The lowest BCUT2D eigenvalue weighted by Crippen LogP contribution is -2.39. The summed E-state index contributed by atoms with van der Waals surface area (Å²) in [7, 11) is 0. The van der Waals surface area contributed by atoms with E-state index in [0.29, 0.717) is 13.0 Å². The van der Waals surface area contributed by atoms with E-state index in [0.717, 1.165) is 36.1 Å². The van der Waals surface area contributed by atoms with Crippen LogP contribution in [0.5, 0.6) is 0 Å². The van der Waals surface area contributed by atoms with Gasteiger partial charge in [-0.25, -0.2) is 0 Å². The Morgan fingerprint density at radius 2 is 1.88 bits per heavy atom. The predicted octanol–water partition coefficient (Wildman–Crippen LogP) is 2.58. The summed E-state index contributed by atoms with van der Waals surface area (Å²) < 4.78 is 5.21. The summed E-state index contributed by atoms with van der Waals surface area (Å²) in [6.45, 7) is 5.82. The van der Waals surface area contributed by atoms with Crippen molar-refractivity contribution in [2.75, 3.05) is 18.4 Å². The van der Waals surface area contributed by atoms with E-state index in [1.165, 1.54) is 11.8 Å². The number of hydrogen-bond acceptors (Lipinski definition) is 4. The minimum atomic E-state index is -0.923. The number of nitrogens with zero attached hydrogens (tertiary/aromatic N) is 1. The zero-order chi connectivity index (χ0) is 18.4. The Morgan fingerprint density at radius 3 is 2.56 bits per heavy atom. The summed E-state index contributed by atoms with van der Waals surface area (Å²) in [5.41, 5.74) is 2.63. The Labute approximate surface area is 148 Å². The molecule has 1 heterocycles. The molecule has 1 N–H and O–H groups in total. The fourth-order valence-corrected chi connectivity index (χ4v) is 2.89. The van der Waals surface area contributed by atoms with Crippen molar-refractivity contribution in [2.24, 2.45) is 0 Å². The van der Waals surface area contributed by atoms with Gasteiger partial charge in [-0.1, -0.05) is 24.6 Å². The van der Waals surface area contributed by atoms with Gasteiger partial charge in [0, 0.05) is 18.7 Å². The first-order valence-electron chi connectivity index (χ1n) is 8.73. The van der Waals surface area contributed by atoms with E-state index in [2.05, 4.69) is 5.32 Å². The van der Waals surface area contributed by atoms with Gasteiger partial charge in [0.15, 0.2) is 6.10 Å². The van der Waals surface area contributed by atoms with Crippen LogP contribution in [-0.4, -0.2) is 41.9 Å². The number of para-hydroxylation sites is 1. The van der Waals surface area contributed by atoms with Crippen LogP contribution in [0.2, 0.25) is 0 Å². The SMILES string of the molecule is Cc1cccc(C)c1NC(=O)[C@@H](C)OC(=O)CN1CCCCCC1=O. The van der Waals surface area contributed by atoms with E-state index in [-0.39, 0.29) is 18.4 Å². The highest BCUT2D eigenvalue weighted by Gasteiger charge is 2.23. The van der Waals surface area contributed by atoms with Crippen LogP contribution in [0.15, 0.2) is 18.2 Å². The quantitative estimate of drug-likeness (QED) is 0.832. The van der Waals surface area contributed by atoms with Gasteiger partial charge in [0.05, 0.1) is 0 Å². The largest absolute Gasteiger partial charge is 0.451 e. The molecule has 1 saturated heterocycles. The first-order valence-corrected chi connectivity index (χ1v) is 8.73. The van der Waals surface area contributed by atoms with Gasteiger partial charge in [-0.05, 0) is 44.7 Å². The normalized spacial score (nSPS) is 16.1. The standard InChI is InChI=1S/C19H26N2O4/c1-13-8-7-9-14(2)18(13)20-19(24)15(3)25-17(23)12-21-11-6-4-5-10-16(21)22/h7-9,15H,4-6,10-12H2,1-3H3,(H,20,24)/t15-/m1/s1. The van der Waals surface area contributed by atoms with Crippen LogP contribution in [0, 0.1) is 13.8 Å². The molecule has 1 atom stereocenters. The molecule has 1 aliphatic rings. The van der Waals surface area contributed by atoms with Crippen molar-refractivity contribution in [3.63, 3.8) is 0 Å². The molecule has 6 nitrogen and oxygen atoms in total. The lowest BCUT2D eigenvalue weighted by molar-refractivity contribution is -0.156. The molecule has 1 aromatic carbocycles. The van der Waals surface area contributed by atoms with E-state index in [4.69, 9.17) is 4.74 Å². The zero-order valence-electron chi connectivity index (χ0n) is 15.1. The van der Waals surface area contributed by atoms with Gasteiger partial charge < -0.3 is 15.0 Å². The topological polar surface area (TPSA) is 75.7 Å². The average molecular weight is 346 g/mol. The number of amides is 2. The monoisotopic (exact) mass is 346 g/mol. The van der Waals surface area contributed by atoms with Crippen LogP contribution < -0.4 is 5.32 Å². The molecule has 0 radical (unpaired) electrons. The Hall–Kier alpha value is -2.37. The molecule has 1 fully saturated rings. The van der Waals surface area contributed by atoms with Crippen molar-refractivity contribution in [3.8, 4) is 0 Å². The second-order valence-electron chi connectivity index (χ2n) is 6.51. The number of rotatable bonds is 5. The number of benzene rings is 1. The molecular weight excluding hydrogens is 320 g/mol. The third-order valence-electron chi connectivity index (χ3n) is 4.40. The second kappa shape index (κ2) is 8.65. The zero-order valence-corrected chi connectivity index (χ0v) is 15.1. The molecule has 2 rings (SSSR count). The van der Waals surface area contributed by atoms with Gasteiger partial charge in [-0.2, -0.15) is 0 Å². The lowest BCUT2D eigenvalue weighted by atomic mass is 10.1. The summed E-state index contributed by atoms with van der Waals surface area (Å²) >= 11 is 0. The number of hydrogen-bond donors (Lipinski definition) is 1. The van der Waals surface area contributed by atoms with Crippen LogP contribution in [0.4, 0.5) is 5.69 Å². The molecule has 0 aliphatic carbocycles. The molecule has 1 aliphatic heterocycles. The third kappa shape index (κ3) is 5.31. The second-order valence-corrected chi connectivity index (χ2v) is 6.51. The van der Waals surface area contributed by atoms with Gasteiger partial charge >= 0.3 is 5.97 Å². The van der Waals surface area contributed by atoms with Crippen LogP contribution in [0.1, 0.15) is 43.7 Å². The van der Waals surface area contributed by atoms with Gasteiger partial charge in [0.2, 0.25) is 5.91 Å². The fraction of sp³-hybridized carbons (Fsp3) is 0.526. The minimum absolute atomic E-state index is 0.0258. The summed E-state index contributed by atoms with van der Waals surface area (Å²) in [4.78, 5) is 37.8. The van der Waals surface area contributed by atoms with Crippen molar-refractivity contribution in [1.82, 2.24) is 4.90 Å². The maximum Gasteiger partial charge on any atom is 0.326 e. The minimum Gasteiger partial charge on any atom is -0.451 e. The smallest absolute Gasteiger partial charge is 0.326 e. The maximum absolute atomic E-state index is 12.3. The number of esters is 1. The number of carbonyl (C=O) groups excluding carboxylic acids is 3. The predicted molar refractivity (Wildman–Crippen MR) is 95.1 cm³/mol. The van der Waals surface area contributed by atoms with Crippen LogP contribution in [0.25, 0.3) is 0 Å². The van der Waals surface area contributed by atoms with Crippen LogP contribution >= 0.6 is 0 Å². The fourth-order valence-electron chi connectivity index (χ4n) is 2.89. The van der Waals surface area contributed by atoms with E-state index < -0.39 is 12.1 Å². The van der Waals surface area contributed by atoms with E-state index in [1.807, 2.05) is 32.0 Å². The molecular formula is C19H26N2O4. The van der Waals surface area contributed by atoms with Crippen LogP contribution in [-0.2, 0) is 19.1 Å². The van der Waals surface area contributed by atoms with Crippen molar-refractivity contribution in [2.45, 2.75) is 52.6 Å². The first kappa shape index (κ1) is 19.0. The van der Waals surface area contributed by atoms with E-state index in [9.17, 15) is 14.4 Å². The lowest BCUT2D eigenvalue weighted by Gasteiger charge is -2.21. The highest BCUT2D eigenvalue weighted by molar-refractivity contribution is 5.96. The van der Waals surface area contributed by atoms with Gasteiger partial charge in [0.25, 0.3) is 5.91 Å². The number of carbonyl (C=O) groups is 3. The summed E-state index contributed by atoms with van der Waals surface area (Å²) in [6, 6.07) is 5.73. The molecule has 6 heteroatoms. The third-order valence-corrected chi connectivity index (χ3v) is 4.40. The van der Waals surface area contributed by atoms with Gasteiger partial charge in [-0.15, -0.1) is 0 Å². The Kier molecular flexibility index (Phi) is 6.56. The average Bonchev–Trinajstić information content (AvgIpc) is 2.75. The van der Waals surface area contributed by atoms with Gasteiger partial charge in [-0.3, -0.25) is 14.4 Å². The number of aryl methyl sites for hydroxylation is 2. The molecule has 1 aromatic rings. The van der Waals surface area contributed by atoms with Gasteiger partial charge in [0.1, 0.15) is 6.54 Å². The molecule has 0 bridgehead atoms.